The molecule has 0 saturated carbocycles. The van der Waals surface area contributed by atoms with Gasteiger partial charge < -0.3 is 4.74 Å². The molecule has 0 aliphatic rings. The predicted octanol–water partition coefficient (Wildman–Crippen LogP) is 4.02. The van der Waals surface area contributed by atoms with Gasteiger partial charge in [-0.15, -0.1) is 11.3 Å². The summed E-state index contributed by atoms with van der Waals surface area (Å²) in [5, 5.41) is 0.696. The number of halogens is 1. The Labute approximate surface area is 121 Å². The van der Waals surface area contributed by atoms with Crippen molar-refractivity contribution >= 4 is 17.1 Å². The van der Waals surface area contributed by atoms with Crippen LogP contribution in [0, 0.1) is 5.82 Å². The van der Waals surface area contributed by atoms with Crippen LogP contribution in [0.5, 0.6) is 5.75 Å². The maximum absolute atomic E-state index is 13.4. The number of benzene rings is 1. The van der Waals surface area contributed by atoms with Crippen LogP contribution >= 0.6 is 11.3 Å². The van der Waals surface area contributed by atoms with E-state index in [-0.39, 0.29) is 18.1 Å². The van der Waals surface area contributed by atoms with Gasteiger partial charge in [-0.3, -0.25) is 4.79 Å². The van der Waals surface area contributed by atoms with Crippen molar-refractivity contribution in [1.29, 1.82) is 0 Å². The quantitative estimate of drug-likeness (QED) is 0.755. The lowest BCUT2D eigenvalue weighted by molar-refractivity contribution is 0.102. The van der Waals surface area contributed by atoms with Crippen molar-refractivity contribution in [2.24, 2.45) is 0 Å². The molecule has 0 fully saturated rings. The lowest BCUT2D eigenvalue weighted by atomic mass is 10.2. The first-order valence-electron chi connectivity index (χ1n) is 6.48. The number of thiazole rings is 1. The van der Waals surface area contributed by atoms with Crippen molar-refractivity contribution in [2.45, 2.75) is 33.3 Å². The Bertz CT molecular complexity index is 610. The zero-order chi connectivity index (χ0) is 14.5. The second kappa shape index (κ2) is 6.61. The molecule has 1 aromatic heterocycles. The molecule has 2 aromatic rings. The number of para-hydroxylation sites is 1. The summed E-state index contributed by atoms with van der Waals surface area (Å²) >= 11 is 1.32. The van der Waals surface area contributed by atoms with Gasteiger partial charge in [-0.25, -0.2) is 9.37 Å². The Hall–Kier alpha value is -1.75. The van der Waals surface area contributed by atoms with E-state index in [1.807, 2.05) is 6.92 Å². The summed E-state index contributed by atoms with van der Waals surface area (Å²) in [5.41, 5.74) is 0.817. The number of carbonyl (C=O) groups excluding carboxylic acids is 1. The third kappa shape index (κ3) is 3.42. The Morgan fingerprint density at radius 1 is 1.40 bits per heavy atom. The van der Waals surface area contributed by atoms with Gasteiger partial charge in [-0.2, -0.15) is 0 Å². The first-order chi connectivity index (χ1) is 9.61. The van der Waals surface area contributed by atoms with Crippen molar-refractivity contribution in [1.82, 2.24) is 4.98 Å². The molecule has 3 nitrogen and oxygen atoms in total. The second-order valence-electron chi connectivity index (χ2n) is 4.41. The SMILES string of the molecule is CCCc1nc(COc2ccccc2F)sc1C(C)=O. The molecule has 0 spiro atoms. The lowest BCUT2D eigenvalue weighted by Crippen LogP contribution is -1.97. The Morgan fingerprint density at radius 2 is 2.15 bits per heavy atom. The number of hydrogen-bond donors (Lipinski definition) is 0. The maximum atomic E-state index is 13.4. The van der Waals surface area contributed by atoms with Gasteiger partial charge in [-0.05, 0) is 18.6 Å². The Morgan fingerprint density at radius 3 is 2.80 bits per heavy atom. The summed E-state index contributed by atoms with van der Waals surface area (Å²) < 4.78 is 18.8. The number of rotatable bonds is 6. The van der Waals surface area contributed by atoms with Crippen molar-refractivity contribution in [3.63, 3.8) is 0 Å². The largest absolute Gasteiger partial charge is 0.483 e. The number of hydrogen-bond acceptors (Lipinski definition) is 4. The van der Waals surface area contributed by atoms with Gasteiger partial charge in [0.2, 0.25) is 0 Å². The predicted molar refractivity (Wildman–Crippen MR) is 76.8 cm³/mol. The number of Topliss-reactive ketones (excluding diaryl/α,β-unsaturated/α-hetero) is 1. The van der Waals surface area contributed by atoms with Crippen LogP contribution in [-0.4, -0.2) is 10.8 Å². The van der Waals surface area contributed by atoms with Crippen LogP contribution < -0.4 is 4.74 Å². The molecule has 0 saturated heterocycles. The molecular weight excluding hydrogens is 277 g/mol. The van der Waals surface area contributed by atoms with E-state index in [1.54, 1.807) is 18.2 Å². The maximum Gasteiger partial charge on any atom is 0.171 e. The van der Waals surface area contributed by atoms with Gasteiger partial charge in [0.25, 0.3) is 0 Å². The van der Waals surface area contributed by atoms with Gasteiger partial charge in [0.05, 0.1) is 10.6 Å². The van der Waals surface area contributed by atoms with Crippen LogP contribution in [0.3, 0.4) is 0 Å². The van der Waals surface area contributed by atoms with Crippen LogP contribution in [0.1, 0.15) is 40.6 Å². The molecule has 1 aromatic carbocycles. The molecule has 20 heavy (non-hydrogen) atoms. The van der Waals surface area contributed by atoms with E-state index in [0.29, 0.717) is 9.88 Å². The molecule has 106 valence electrons. The molecule has 5 heteroatoms. The molecule has 2 rings (SSSR count). The number of ether oxygens (including phenoxy) is 1. The smallest absolute Gasteiger partial charge is 0.171 e. The van der Waals surface area contributed by atoms with Gasteiger partial charge in [0, 0.05) is 6.92 Å². The number of aromatic nitrogens is 1. The third-order valence-electron chi connectivity index (χ3n) is 2.74. The second-order valence-corrected chi connectivity index (χ2v) is 5.49. The minimum Gasteiger partial charge on any atom is -0.483 e. The van der Waals surface area contributed by atoms with Crippen LogP contribution in [0.2, 0.25) is 0 Å². The van der Waals surface area contributed by atoms with Crippen LogP contribution in [0.4, 0.5) is 4.39 Å². The van der Waals surface area contributed by atoms with Gasteiger partial charge >= 0.3 is 0 Å². The number of nitrogens with zero attached hydrogens (tertiary/aromatic N) is 1. The highest BCUT2D eigenvalue weighted by Gasteiger charge is 2.15. The van der Waals surface area contributed by atoms with Crippen molar-refractivity contribution in [2.75, 3.05) is 0 Å². The van der Waals surface area contributed by atoms with Gasteiger partial charge in [-0.1, -0.05) is 25.5 Å². The van der Waals surface area contributed by atoms with E-state index < -0.39 is 5.82 Å². The molecule has 0 bridgehead atoms. The summed E-state index contributed by atoms with van der Waals surface area (Å²) in [4.78, 5) is 16.6. The van der Waals surface area contributed by atoms with E-state index in [1.165, 1.54) is 24.3 Å². The summed E-state index contributed by atoms with van der Waals surface area (Å²) in [7, 11) is 0. The van der Waals surface area contributed by atoms with Crippen LogP contribution in [0.25, 0.3) is 0 Å². The van der Waals surface area contributed by atoms with Gasteiger partial charge in [0.15, 0.2) is 17.3 Å². The molecule has 1 heterocycles. The average molecular weight is 293 g/mol. The summed E-state index contributed by atoms with van der Waals surface area (Å²) in [6, 6.07) is 6.24. The molecular formula is C15H16FNO2S. The summed E-state index contributed by atoms with van der Waals surface area (Å²) in [6.45, 7) is 3.75. The van der Waals surface area contributed by atoms with Crippen molar-refractivity contribution in [3.8, 4) is 5.75 Å². The third-order valence-corrected chi connectivity index (χ3v) is 3.91. The van der Waals surface area contributed by atoms with E-state index in [9.17, 15) is 9.18 Å². The molecule has 0 amide bonds. The highest BCUT2D eigenvalue weighted by molar-refractivity contribution is 7.13. The minimum absolute atomic E-state index is 0.0168. The molecule has 0 aliphatic heterocycles. The zero-order valence-corrected chi connectivity index (χ0v) is 12.3. The fourth-order valence-electron chi connectivity index (χ4n) is 1.85. The monoisotopic (exact) mass is 293 g/mol. The number of aryl methyl sites for hydroxylation is 1. The number of ketones is 1. The van der Waals surface area contributed by atoms with Gasteiger partial charge in [0.1, 0.15) is 11.6 Å². The fraction of sp³-hybridized carbons (Fsp3) is 0.333. The van der Waals surface area contributed by atoms with E-state index in [2.05, 4.69) is 4.98 Å². The first-order valence-corrected chi connectivity index (χ1v) is 7.30. The lowest BCUT2D eigenvalue weighted by Gasteiger charge is -2.04. The molecule has 0 radical (unpaired) electrons. The average Bonchev–Trinajstić information content (AvgIpc) is 2.82. The van der Waals surface area contributed by atoms with Crippen molar-refractivity contribution < 1.29 is 13.9 Å². The van der Waals surface area contributed by atoms with E-state index in [4.69, 9.17) is 4.74 Å². The molecule has 0 aliphatic carbocycles. The highest BCUT2D eigenvalue weighted by atomic mass is 32.1. The number of carbonyl (C=O) groups is 1. The molecule has 0 N–H and O–H groups in total. The normalized spacial score (nSPS) is 10.6. The summed E-state index contributed by atoms with van der Waals surface area (Å²) in [6.07, 6.45) is 1.70. The Kier molecular flexibility index (Phi) is 4.84. The summed E-state index contributed by atoms with van der Waals surface area (Å²) in [5.74, 6) is -0.183. The minimum atomic E-state index is -0.398. The van der Waals surface area contributed by atoms with Crippen LogP contribution in [0.15, 0.2) is 24.3 Å². The fourth-order valence-corrected chi connectivity index (χ4v) is 2.76. The van der Waals surface area contributed by atoms with E-state index >= 15 is 0 Å². The van der Waals surface area contributed by atoms with Crippen LogP contribution in [-0.2, 0) is 13.0 Å². The molecule has 0 atom stereocenters. The first kappa shape index (κ1) is 14.7. The molecule has 0 unspecified atom stereocenters. The highest BCUT2D eigenvalue weighted by Crippen LogP contribution is 2.23. The standard InChI is InChI=1S/C15H16FNO2S/c1-3-6-12-15(10(2)18)20-14(17-12)9-19-13-8-5-4-7-11(13)16/h4-5,7-8H,3,6,9H2,1-2H3. The Balaban J connectivity index is 2.12. The topological polar surface area (TPSA) is 39.2 Å². The van der Waals surface area contributed by atoms with Crippen molar-refractivity contribution in [3.05, 3.63) is 45.7 Å². The van der Waals surface area contributed by atoms with E-state index in [0.717, 1.165) is 18.5 Å². The zero-order valence-electron chi connectivity index (χ0n) is 11.5.